The molecule has 0 spiro atoms. The zero-order valence-electron chi connectivity index (χ0n) is 9.14. The molecular formula is C13H10O4. The van der Waals surface area contributed by atoms with E-state index in [0.29, 0.717) is 11.3 Å². The van der Waals surface area contributed by atoms with Crippen LogP contribution in [-0.2, 0) is 9.59 Å². The first kappa shape index (κ1) is 11.2. The second-order valence-corrected chi connectivity index (χ2v) is 3.64. The van der Waals surface area contributed by atoms with E-state index < -0.39 is 11.9 Å². The number of ether oxygens (including phenoxy) is 1. The fraction of sp³-hybridized carbons (Fsp3) is 0.154. The summed E-state index contributed by atoms with van der Waals surface area (Å²) < 4.78 is 5.07. The lowest BCUT2D eigenvalue weighted by molar-refractivity contribution is -0.138. The minimum Gasteiger partial charge on any atom is -0.497 e. The molecule has 1 atom stereocenters. The average Bonchev–Trinajstić information content (AvgIpc) is 2.36. The van der Waals surface area contributed by atoms with E-state index >= 15 is 0 Å². The van der Waals surface area contributed by atoms with Crippen LogP contribution in [0, 0.1) is 5.92 Å². The maximum Gasteiger partial charge on any atom is 0.315 e. The fourth-order valence-electron chi connectivity index (χ4n) is 1.84. The highest BCUT2D eigenvalue weighted by Gasteiger charge is 2.26. The van der Waals surface area contributed by atoms with Crippen molar-refractivity contribution in [3.05, 3.63) is 35.4 Å². The zero-order chi connectivity index (χ0) is 12.4. The molecule has 0 fully saturated rings. The SMILES string of the molecule is COc1ccc2c(c1)C=CC(C(=O)O)C2=C=O. The Balaban J connectivity index is 2.57. The van der Waals surface area contributed by atoms with Crippen LogP contribution in [0.25, 0.3) is 11.6 Å². The van der Waals surface area contributed by atoms with Gasteiger partial charge < -0.3 is 9.84 Å². The molecule has 1 aliphatic carbocycles. The molecule has 17 heavy (non-hydrogen) atoms. The average molecular weight is 230 g/mol. The molecule has 0 saturated carbocycles. The van der Waals surface area contributed by atoms with Crippen molar-refractivity contribution in [1.29, 1.82) is 0 Å². The first-order valence-corrected chi connectivity index (χ1v) is 5.01. The number of carbonyl (C=O) groups is 1. The van der Waals surface area contributed by atoms with Crippen LogP contribution in [-0.4, -0.2) is 24.1 Å². The molecule has 1 aromatic carbocycles. The predicted molar refractivity (Wildman–Crippen MR) is 62.3 cm³/mol. The van der Waals surface area contributed by atoms with Gasteiger partial charge in [0.15, 0.2) is 0 Å². The van der Waals surface area contributed by atoms with E-state index in [1.807, 2.05) is 0 Å². The van der Waals surface area contributed by atoms with Crippen LogP contribution in [0.2, 0.25) is 0 Å². The van der Waals surface area contributed by atoms with Crippen molar-refractivity contribution in [3.63, 3.8) is 0 Å². The van der Waals surface area contributed by atoms with Crippen molar-refractivity contribution in [3.8, 4) is 5.75 Å². The van der Waals surface area contributed by atoms with Crippen molar-refractivity contribution >= 4 is 23.6 Å². The second-order valence-electron chi connectivity index (χ2n) is 3.64. The maximum absolute atomic E-state index is 11.0. The normalized spacial score (nSPS) is 17.2. The summed E-state index contributed by atoms with van der Waals surface area (Å²) in [4.78, 5) is 21.9. The number of carboxylic acid groups (broad SMARTS) is 1. The van der Waals surface area contributed by atoms with Gasteiger partial charge in [0.05, 0.1) is 12.7 Å². The van der Waals surface area contributed by atoms with Crippen LogP contribution >= 0.6 is 0 Å². The molecule has 4 nitrogen and oxygen atoms in total. The standard InChI is InChI=1S/C13H10O4/c1-17-9-3-5-10-8(6-9)2-4-11(13(15)16)12(10)7-14/h2-6,11H,1H3,(H,15,16). The highest BCUT2D eigenvalue weighted by Crippen LogP contribution is 2.33. The lowest BCUT2D eigenvalue weighted by Gasteiger charge is -2.17. The van der Waals surface area contributed by atoms with Crippen molar-refractivity contribution in [2.45, 2.75) is 0 Å². The molecule has 0 aromatic heterocycles. The molecule has 0 bridgehead atoms. The smallest absolute Gasteiger partial charge is 0.315 e. The molecule has 0 radical (unpaired) electrons. The Bertz CT molecular complexity index is 551. The molecule has 1 aromatic rings. The number of carboxylic acids is 1. The number of aliphatic carboxylic acids is 1. The third-order valence-corrected chi connectivity index (χ3v) is 2.70. The zero-order valence-corrected chi connectivity index (χ0v) is 9.14. The van der Waals surface area contributed by atoms with Crippen LogP contribution in [0.3, 0.4) is 0 Å². The number of hydrogen-bond acceptors (Lipinski definition) is 3. The van der Waals surface area contributed by atoms with Gasteiger partial charge in [0.1, 0.15) is 17.6 Å². The molecule has 0 aliphatic heterocycles. The molecular weight excluding hydrogens is 220 g/mol. The third kappa shape index (κ3) is 1.86. The summed E-state index contributed by atoms with van der Waals surface area (Å²) in [7, 11) is 1.55. The fourth-order valence-corrected chi connectivity index (χ4v) is 1.84. The van der Waals surface area contributed by atoms with Gasteiger partial charge in [-0.2, -0.15) is 0 Å². The van der Waals surface area contributed by atoms with Crippen LogP contribution in [0.15, 0.2) is 24.3 Å². The van der Waals surface area contributed by atoms with Gasteiger partial charge in [-0.15, -0.1) is 0 Å². The van der Waals surface area contributed by atoms with Gasteiger partial charge in [-0.1, -0.05) is 12.2 Å². The Morgan fingerprint density at radius 2 is 2.24 bits per heavy atom. The minimum absolute atomic E-state index is 0.151. The quantitative estimate of drug-likeness (QED) is 0.784. The molecule has 0 amide bonds. The van der Waals surface area contributed by atoms with Crippen LogP contribution in [0.5, 0.6) is 5.75 Å². The second kappa shape index (κ2) is 4.28. The molecule has 1 aliphatic rings. The Morgan fingerprint density at radius 3 is 2.82 bits per heavy atom. The van der Waals surface area contributed by atoms with Crippen molar-refractivity contribution in [1.82, 2.24) is 0 Å². The molecule has 1 N–H and O–H groups in total. The van der Waals surface area contributed by atoms with E-state index in [2.05, 4.69) is 0 Å². The topological polar surface area (TPSA) is 63.6 Å². The molecule has 86 valence electrons. The van der Waals surface area contributed by atoms with Gasteiger partial charge in [0, 0.05) is 0 Å². The Hall–Kier alpha value is -2.32. The number of rotatable bonds is 2. The Labute approximate surface area is 97.8 Å². The summed E-state index contributed by atoms with van der Waals surface area (Å²) in [5.74, 6) is 0.405. The molecule has 4 heteroatoms. The lowest BCUT2D eigenvalue weighted by Crippen LogP contribution is -2.16. The van der Waals surface area contributed by atoms with E-state index in [-0.39, 0.29) is 5.57 Å². The van der Waals surface area contributed by atoms with Gasteiger partial charge in [0.2, 0.25) is 0 Å². The maximum atomic E-state index is 11.0. The number of fused-ring (bicyclic) bond motifs is 1. The Kier molecular flexibility index (Phi) is 2.81. The highest BCUT2D eigenvalue weighted by molar-refractivity contribution is 6.03. The van der Waals surface area contributed by atoms with E-state index in [4.69, 9.17) is 9.84 Å². The first-order chi connectivity index (χ1) is 8.17. The summed E-state index contributed by atoms with van der Waals surface area (Å²) in [5, 5.41) is 8.99. The highest BCUT2D eigenvalue weighted by atomic mass is 16.5. The number of methoxy groups -OCH3 is 1. The number of carbonyl (C=O) groups excluding carboxylic acids is 1. The largest absolute Gasteiger partial charge is 0.497 e. The lowest BCUT2D eigenvalue weighted by atomic mass is 9.85. The Morgan fingerprint density at radius 1 is 1.47 bits per heavy atom. The summed E-state index contributed by atoms with van der Waals surface area (Å²) in [6.07, 6.45) is 3.15. The van der Waals surface area contributed by atoms with Gasteiger partial charge >= 0.3 is 5.97 Å². The third-order valence-electron chi connectivity index (χ3n) is 2.70. The van der Waals surface area contributed by atoms with Gasteiger partial charge in [-0.25, -0.2) is 4.79 Å². The predicted octanol–water partition coefficient (Wildman–Crippen LogP) is 1.64. The number of benzene rings is 1. The van der Waals surface area contributed by atoms with Crippen molar-refractivity contribution in [2.24, 2.45) is 5.92 Å². The first-order valence-electron chi connectivity index (χ1n) is 5.01. The van der Waals surface area contributed by atoms with E-state index in [0.717, 1.165) is 5.56 Å². The van der Waals surface area contributed by atoms with Crippen molar-refractivity contribution in [2.75, 3.05) is 7.11 Å². The van der Waals surface area contributed by atoms with Gasteiger partial charge in [-0.05, 0) is 29.3 Å². The van der Waals surface area contributed by atoms with Crippen LogP contribution in [0.4, 0.5) is 0 Å². The summed E-state index contributed by atoms with van der Waals surface area (Å²) in [6, 6.07) is 5.11. The van der Waals surface area contributed by atoms with E-state index in [1.54, 1.807) is 37.3 Å². The minimum atomic E-state index is -1.05. The van der Waals surface area contributed by atoms with Crippen LogP contribution in [0.1, 0.15) is 11.1 Å². The van der Waals surface area contributed by atoms with Crippen LogP contribution < -0.4 is 4.74 Å². The summed E-state index contributed by atoms with van der Waals surface area (Å²) in [5.41, 5.74) is 1.51. The van der Waals surface area contributed by atoms with Gasteiger partial charge in [0.25, 0.3) is 0 Å². The summed E-state index contributed by atoms with van der Waals surface area (Å²) in [6.45, 7) is 0. The van der Waals surface area contributed by atoms with E-state index in [9.17, 15) is 9.59 Å². The molecule has 0 saturated heterocycles. The van der Waals surface area contributed by atoms with Crippen molar-refractivity contribution < 1.29 is 19.4 Å². The molecule has 1 unspecified atom stereocenters. The monoisotopic (exact) mass is 230 g/mol. The molecule has 2 rings (SSSR count). The van der Waals surface area contributed by atoms with E-state index in [1.165, 1.54) is 6.08 Å². The number of hydrogen-bond donors (Lipinski definition) is 1. The summed E-state index contributed by atoms with van der Waals surface area (Å²) >= 11 is 0. The van der Waals surface area contributed by atoms with Gasteiger partial charge in [-0.3, -0.25) is 4.79 Å². The molecule has 0 heterocycles.